The number of rotatable bonds is 9. The summed E-state index contributed by atoms with van der Waals surface area (Å²) in [4.78, 5) is 0. The summed E-state index contributed by atoms with van der Waals surface area (Å²) in [7, 11) is 0. The van der Waals surface area contributed by atoms with Crippen molar-refractivity contribution in [1.29, 1.82) is 0 Å². The zero-order valence-electron chi connectivity index (χ0n) is 24.3. The Kier molecular flexibility index (Phi) is 9.42. The first-order chi connectivity index (χ1) is 22.5. The number of halogens is 12. The van der Waals surface area contributed by atoms with Gasteiger partial charge in [0.1, 0.15) is 58.6 Å². The van der Waals surface area contributed by atoms with Crippen molar-refractivity contribution < 1.29 is 62.2 Å². The van der Waals surface area contributed by atoms with E-state index >= 15 is 13.2 Å². The molecule has 14 heteroatoms. The topological polar surface area (TPSA) is 18.5 Å². The number of alkyl halides is 5. The number of benzene rings is 5. The van der Waals surface area contributed by atoms with Gasteiger partial charge in [0.05, 0.1) is 11.1 Å². The van der Waals surface area contributed by atoms with Gasteiger partial charge in [-0.05, 0) is 52.8 Å². The van der Waals surface area contributed by atoms with E-state index in [0.29, 0.717) is 17.5 Å². The molecule has 0 bridgehead atoms. The molecule has 5 aromatic rings. The van der Waals surface area contributed by atoms with Gasteiger partial charge in [0.25, 0.3) is 0 Å². The third-order valence-electron chi connectivity index (χ3n) is 7.27. The van der Waals surface area contributed by atoms with Crippen LogP contribution in [0.4, 0.5) is 52.7 Å². The quantitative estimate of drug-likeness (QED) is 0.144. The average Bonchev–Trinajstić information content (AvgIpc) is 2.95. The maximum Gasteiger partial charge on any atom is 0.527 e. The second kappa shape index (κ2) is 13.1. The Morgan fingerprint density at radius 3 is 1.77 bits per heavy atom. The van der Waals surface area contributed by atoms with Crippen LogP contribution in [-0.2, 0) is 23.9 Å². The van der Waals surface area contributed by atoms with E-state index < -0.39 is 87.8 Å². The first-order valence-corrected chi connectivity index (χ1v) is 13.9. The molecule has 0 aliphatic heterocycles. The Morgan fingerprint density at radius 1 is 0.625 bits per heavy atom. The molecule has 5 rings (SSSR count). The molecular weight excluding hydrogens is 668 g/mol. The number of hydrogen-bond acceptors (Lipinski definition) is 2. The minimum atomic E-state index is -5.96. The van der Waals surface area contributed by atoms with E-state index in [4.69, 9.17) is 4.74 Å². The third-order valence-corrected chi connectivity index (χ3v) is 7.27. The zero-order chi connectivity index (χ0) is 35.1. The summed E-state index contributed by atoms with van der Waals surface area (Å²) < 4.78 is 175. The summed E-state index contributed by atoms with van der Waals surface area (Å²) in [6.07, 6.45) is -9.78. The number of fused-ring (bicyclic) bond motifs is 1. The molecular formula is C34H20F12O2. The van der Waals surface area contributed by atoms with E-state index in [2.05, 4.69) is 4.74 Å². The van der Waals surface area contributed by atoms with Crippen LogP contribution in [0.2, 0.25) is 0 Å². The molecule has 0 atom stereocenters. The summed E-state index contributed by atoms with van der Waals surface area (Å²) in [5.41, 5.74) is -4.14. The molecule has 2 nitrogen and oxygen atoms in total. The Morgan fingerprint density at radius 2 is 1.21 bits per heavy atom. The maximum absolute atomic E-state index is 15.4. The van der Waals surface area contributed by atoms with E-state index in [1.165, 1.54) is 6.07 Å². The van der Waals surface area contributed by atoms with E-state index in [9.17, 15) is 39.5 Å². The second-order valence-electron chi connectivity index (χ2n) is 10.6. The monoisotopic (exact) mass is 688 g/mol. The van der Waals surface area contributed by atoms with Crippen molar-refractivity contribution in [3.8, 4) is 28.0 Å². The lowest BCUT2D eigenvalue weighted by atomic mass is 9.95. The van der Waals surface area contributed by atoms with Gasteiger partial charge in [-0.25, -0.2) is 35.5 Å². The SMILES string of the molecule is CCCc1ccc2c(F)c(-c3cc(F)c(-c4cc(F)c(COc5cc(F)c(C(F)(F)OC(F)(F)F)c(F)c5)c(F)c4)c(F)c3)ccc2c1. The van der Waals surface area contributed by atoms with Gasteiger partial charge in [-0.15, -0.1) is 13.2 Å². The lowest BCUT2D eigenvalue weighted by Gasteiger charge is -2.20. The predicted octanol–water partition coefficient (Wildman–Crippen LogP) is 11.3. The van der Waals surface area contributed by atoms with Gasteiger partial charge in [-0.2, -0.15) is 8.78 Å². The molecule has 0 spiro atoms. The fraction of sp³-hybridized carbons (Fsp3) is 0.176. The molecule has 0 N–H and O–H groups in total. The Labute approximate surface area is 264 Å². The number of hydrogen-bond donors (Lipinski definition) is 0. The molecule has 5 aromatic carbocycles. The van der Waals surface area contributed by atoms with Crippen molar-refractivity contribution in [2.24, 2.45) is 0 Å². The molecule has 0 amide bonds. The molecule has 0 saturated heterocycles. The summed E-state index contributed by atoms with van der Waals surface area (Å²) in [5, 5.41) is 0.799. The molecule has 0 heterocycles. The normalized spacial score (nSPS) is 12.2. The van der Waals surface area contributed by atoms with Crippen molar-refractivity contribution in [3.63, 3.8) is 0 Å². The molecule has 0 aliphatic rings. The highest BCUT2D eigenvalue weighted by Gasteiger charge is 2.49. The zero-order valence-corrected chi connectivity index (χ0v) is 24.3. The van der Waals surface area contributed by atoms with Crippen LogP contribution < -0.4 is 4.74 Å². The maximum atomic E-state index is 15.4. The van der Waals surface area contributed by atoms with Crippen LogP contribution in [0.1, 0.15) is 30.0 Å². The molecule has 48 heavy (non-hydrogen) atoms. The highest BCUT2D eigenvalue weighted by atomic mass is 19.4. The Bertz CT molecular complexity index is 1950. The second-order valence-corrected chi connectivity index (χ2v) is 10.6. The summed E-state index contributed by atoms with van der Waals surface area (Å²) in [6.45, 7) is 0.847. The van der Waals surface area contributed by atoms with Crippen LogP contribution in [0.5, 0.6) is 5.75 Å². The van der Waals surface area contributed by atoms with Gasteiger partial charge in [0.15, 0.2) is 0 Å². The summed E-state index contributed by atoms with van der Waals surface area (Å²) >= 11 is 0. The van der Waals surface area contributed by atoms with Gasteiger partial charge in [0.2, 0.25) is 0 Å². The van der Waals surface area contributed by atoms with Crippen molar-refractivity contribution in [2.45, 2.75) is 38.8 Å². The van der Waals surface area contributed by atoms with Gasteiger partial charge < -0.3 is 4.74 Å². The van der Waals surface area contributed by atoms with Crippen molar-refractivity contribution >= 4 is 10.8 Å². The molecule has 0 aliphatic carbocycles. The molecule has 0 fully saturated rings. The Balaban J connectivity index is 1.40. The van der Waals surface area contributed by atoms with Crippen LogP contribution in [0.25, 0.3) is 33.0 Å². The van der Waals surface area contributed by atoms with Gasteiger partial charge in [-0.1, -0.05) is 43.7 Å². The minimum absolute atomic E-state index is 0.0324. The molecule has 252 valence electrons. The minimum Gasteiger partial charge on any atom is -0.488 e. The van der Waals surface area contributed by atoms with E-state index in [1.807, 2.05) is 6.92 Å². The first-order valence-electron chi connectivity index (χ1n) is 13.9. The van der Waals surface area contributed by atoms with Crippen LogP contribution in [0.3, 0.4) is 0 Å². The van der Waals surface area contributed by atoms with Crippen molar-refractivity contribution in [1.82, 2.24) is 0 Å². The molecule has 0 aromatic heterocycles. The highest BCUT2D eigenvalue weighted by molar-refractivity contribution is 5.89. The Hall–Kier alpha value is -4.72. The lowest BCUT2D eigenvalue weighted by Crippen LogP contribution is -2.29. The van der Waals surface area contributed by atoms with Crippen LogP contribution in [0.15, 0.2) is 66.7 Å². The molecule has 0 unspecified atom stereocenters. The van der Waals surface area contributed by atoms with Crippen molar-refractivity contribution in [3.05, 3.63) is 124 Å². The standard InChI is InChI=1S/C34H20F12O2/c1-2-3-16-4-6-21-17(8-16)5-7-22(32(21)41)18-9-26(37)30(27(38)10-18)19-11-24(35)23(25(36)12-19)15-47-20-13-28(39)31(29(40)14-20)33(42,43)48-34(44,45)46/h4-14H,2-3,15H2,1H3. The van der Waals surface area contributed by atoms with E-state index in [1.54, 1.807) is 24.3 Å². The van der Waals surface area contributed by atoms with Gasteiger partial charge >= 0.3 is 12.5 Å². The number of ether oxygens (including phenoxy) is 2. The molecule has 0 saturated carbocycles. The summed E-state index contributed by atoms with van der Waals surface area (Å²) in [6, 6.07) is 10.7. The lowest BCUT2D eigenvalue weighted by molar-refractivity contribution is -0.432. The summed E-state index contributed by atoms with van der Waals surface area (Å²) in [5.74, 6) is -11.6. The van der Waals surface area contributed by atoms with Crippen LogP contribution in [0, 0.1) is 40.7 Å². The van der Waals surface area contributed by atoms with Gasteiger partial charge in [0, 0.05) is 23.1 Å². The van der Waals surface area contributed by atoms with E-state index in [0.717, 1.165) is 30.5 Å². The number of aryl methyl sites for hydroxylation is 1. The third kappa shape index (κ3) is 7.08. The van der Waals surface area contributed by atoms with Gasteiger partial charge in [-0.3, -0.25) is 0 Å². The highest BCUT2D eigenvalue weighted by Crippen LogP contribution is 2.40. The first kappa shape index (κ1) is 34.6. The average molecular weight is 689 g/mol. The van der Waals surface area contributed by atoms with Crippen LogP contribution >= 0.6 is 0 Å². The fourth-order valence-corrected chi connectivity index (χ4v) is 5.16. The van der Waals surface area contributed by atoms with E-state index in [-0.39, 0.29) is 28.6 Å². The predicted molar refractivity (Wildman–Crippen MR) is 150 cm³/mol. The largest absolute Gasteiger partial charge is 0.527 e. The smallest absolute Gasteiger partial charge is 0.488 e. The van der Waals surface area contributed by atoms with Crippen LogP contribution in [-0.4, -0.2) is 6.36 Å². The molecule has 0 radical (unpaired) electrons. The fourth-order valence-electron chi connectivity index (χ4n) is 5.16. The van der Waals surface area contributed by atoms with Crippen molar-refractivity contribution in [2.75, 3.05) is 0 Å².